The van der Waals surface area contributed by atoms with Gasteiger partial charge in [-0.05, 0) is 61.1 Å². The van der Waals surface area contributed by atoms with Crippen LogP contribution in [0, 0.1) is 0 Å². The summed E-state index contributed by atoms with van der Waals surface area (Å²) in [6.45, 7) is 6.17. The number of thiocarbonyl (C=S) groups is 1. The maximum Gasteiger partial charge on any atom is 0.250 e. The number of benzene rings is 2. The number of ether oxygens (including phenoxy) is 2. The molecule has 0 aliphatic rings. The predicted molar refractivity (Wildman–Crippen MR) is 113 cm³/mol. The van der Waals surface area contributed by atoms with Crippen LogP contribution in [0.1, 0.15) is 12.5 Å². The van der Waals surface area contributed by atoms with Gasteiger partial charge in [-0.3, -0.25) is 10.1 Å². The molecule has 140 valence electrons. The van der Waals surface area contributed by atoms with Gasteiger partial charge in [0.1, 0.15) is 18.1 Å². The predicted octanol–water partition coefficient (Wildman–Crippen LogP) is 4.18. The number of carbonyl (C=O) groups is 1. The molecule has 2 aromatic rings. The van der Waals surface area contributed by atoms with Crippen molar-refractivity contribution in [2.24, 2.45) is 0 Å². The van der Waals surface area contributed by atoms with Crippen LogP contribution < -0.4 is 20.1 Å². The number of nitrogens with one attached hydrogen (secondary N) is 2. The Morgan fingerprint density at radius 3 is 2.56 bits per heavy atom. The summed E-state index contributed by atoms with van der Waals surface area (Å²) < 4.78 is 10.8. The number of amides is 1. The largest absolute Gasteiger partial charge is 0.496 e. The lowest BCUT2D eigenvalue weighted by Crippen LogP contribution is -2.32. The zero-order valence-corrected chi connectivity index (χ0v) is 16.1. The third-order valence-electron chi connectivity index (χ3n) is 3.39. The van der Waals surface area contributed by atoms with Crippen molar-refractivity contribution in [1.29, 1.82) is 0 Å². The molecule has 2 aromatic carbocycles. The van der Waals surface area contributed by atoms with Crippen molar-refractivity contribution in [2.75, 3.05) is 19.0 Å². The molecule has 1 amide bonds. The molecule has 0 spiro atoms. The van der Waals surface area contributed by atoms with Gasteiger partial charge < -0.3 is 14.8 Å². The maximum absolute atomic E-state index is 12.0. The molecule has 0 atom stereocenters. The molecule has 0 heterocycles. The summed E-state index contributed by atoms with van der Waals surface area (Å²) in [5.41, 5.74) is 2.50. The minimum Gasteiger partial charge on any atom is -0.496 e. The minimum absolute atomic E-state index is 0.209. The SMILES string of the molecule is C=C(C)COc1ccc(NC(=S)NC(=O)/C=C/c2ccccc2OC)cc1. The fourth-order valence-corrected chi connectivity index (χ4v) is 2.34. The first-order valence-electron chi connectivity index (χ1n) is 8.28. The standard InChI is InChI=1S/C21H22N2O3S/c1-15(2)14-26-18-11-9-17(10-12-18)22-21(27)23-20(24)13-8-16-6-4-5-7-19(16)25-3/h4-13H,1,14H2,2-3H3,(H2,22,23,24,27)/b13-8+. The quantitative estimate of drug-likeness (QED) is 0.427. The van der Waals surface area contributed by atoms with Crippen molar-refractivity contribution in [2.45, 2.75) is 6.92 Å². The van der Waals surface area contributed by atoms with Gasteiger partial charge in [-0.2, -0.15) is 0 Å². The summed E-state index contributed by atoms with van der Waals surface area (Å²) in [6.07, 6.45) is 3.07. The zero-order valence-electron chi connectivity index (χ0n) is 15.3. The molecule has 0 aromatic heterocycles. The second-order valence-corrected chi connectivity index (χ2v) is 6.20. The molecule has 0 bridgehead atoms. The average molecular weight is 382 g/mol. The Morgan fingerprint density at radius 2 is 1.89 bits per heavy atom. The smallest absolute Gasteiger partial charge is 0.250 e. The summed E-state index contributed by atoms with van der Waals surface area (Å²) in [5, 5.41) is 5.76. The van der Waals surface area contributed by atoms with Crippen LogP contribution in [0.4, 0.5) is 5.69 Å². The van der Waals surface area contributed by atoms with Crippen LogP contribution in [0.15, 0.2) is 66.8 Å². The Labute approximate surface area is 164 Å². The zero-order chi connectivity index (χ0) is 19.6. The van der Waals surface area contributed by atoms with E-state index in [0.29, 0.717) is 12.4 Å². The number of hydrogen-bond acceptors (Lipinski definition) is 4. The normalized spacial score (nSPS) is 10.3. The highest BCUT2D eigenvalue weighted by atomic mass is 32.1. The highest BCUT2D eigenvalue weighted by Gasteiger charge is 2.03. The van der Waals surface area contributed by atoms with Crippen LogP contribution in [-0.4, -0.2) is 24.7 Å². The van der Waals surface area contributed by atoms with Gasteiger partial charge in [-0.15, -0.1) is 0 Å². The van der Waals surface area contributed by atoms with Gasteiger partial charge in [0.2, 0.25) is 5.91 Å². The van der Waals surface area contributed by atoms with E-state index in [4.69, 9.17) is 21.7 Å². The van der Waals surface area contributed by atoms with E-state index in [-0.39, 0.29) is 11.0 Å². The number of rotatable bonds is 7. The molecule has 0 saturated carbocycles. The molecule has 27 heavy (non-hydrogen) atoms. The van der Waals surface area contributed by atoms with Crippen molar-refractivity contribution < 1.29 is 14.3 Å². The van der Waals surface area contributed by atoms with Gasteiger partial charge in [-0.25, -0.2) is 0 Å². The second kappa shape index (κ2) is 10.1. The van der Waals surface area contributed by atoms with E-state index < -0.39 is 0 Å². The van der Waals surface area contributed by atoms with Crippen LogP contribution >= 0.6 is 12.2 Å². The Bertz CT molecular complexity index is 845. The van der Waals surface area contributed by atoms with Crippen LogP contribution in [0.5, 0.6) is 11.5 Å². The van der Waals surface area contributed by atoms with Gasteiger partial charge in [-0.1, -0.05) is 24.8 Å². The molecule has 0 fully saturated rings. The number of carbonyl (C=O) groups excluding carboxylic acids is 1. The molecule has 0 radical (unpaired) electrons. The fraction of sp³-hybridized carbons (Fsp3) is 0.143. The summed E-state index contributed by atoms with van der Waals surface area (Å²) in [4.78, 5) is 12.0. The lowest BCUT2D eigenvalue weighted by atomic mass is 10.2. The van der Waals surface area contributed by atoms with Crippen molar-refractivity contribution in [3.05, 3.63) is 72.3 Å². The lowest BCUT2D eigenvalue weighted by Gasteiger charge is -2.10. The van der Waals surface area contributed by atoms with Gasteiger partial charge in [0, 0.05) is 17.3 Å². The summed E-state index contributed by atoms with van der Waals surface area (Å²) >= 11 is 5.17. The molecule has 2 rings (SSSR count). The van der Waals surface area contributed by atoms with Gasteiger partial charge in [0.05, 0.1) is 7.11 Å². The highest BCUT2D eigenvalue weighted by molar-refractivity contribution is 7.80. The maximum atomic E-state index is 12.0. The van der Waals surface area contributed by atoms with Crippen molar-refractivity contribution in [3.8, 4) is 11.5 Å². The molecule has 0 aliphatic carbocycles. The topological polar surface area (TPSA) is 59.6 Å². The minimum atomic E-state index is -0.334. The van der Waals surface area contributed by atoms with E-state index in [1.54, 1.807) is 13.2 Å². The van der Waals surface area contributed by atoms with E-state index in [9.17, 15) is 4.79 Å². The summed E-state index contributed by atoms with van der Waals surface area (Å²) in [5.74, 6) is 1.09. The van der Waals surface area contributed by atoms with Gasteiger partial charge >= 0.3 is 0 Å². The average Bonchev–Trinajstić information content (AvgIpc) is 2.66. The summed E-state index contributed by atoms with van der Waals surface area (Å²) in [7, 11) is 1.58. The number of hydrogen-bond donors (Lipinski definition) is 2. The van der Waals surface area contributed by atoms with Gasteiger partial charge in [0.15, 0.2) is 5.11 Å². The number of para-hydroxylation sites is 1. The van der Waals surface area contributed by atoms with Crippen LogP contribution in [0.2, 0.25) is 0 Å². The van der Waals surface area contributed by atoms with Crippen LogP contribution in [-0.2, 0) is 4.79 Å². The third-order valence-corrected chi connectivity index (χ3v) is 3.59. The Kier molecular flexibility index (Phi) is 7.58. The molecule has 2 N–H and O–H groups in total. The highest BCUT2D eigenvalue weighted by Crippen LogP contribution is 2.18. The van der Waals surface area contributed by atoms with Crippen LogP contribution in [0.3, 0.4) is 0 Å². The first kappa shape index (κ1) is 20.2. The molecule has 5 nitrogen and oxygen atoms in total. The van der Waals surface area contributed by atoms with E-state index in [0.717, 1.165) is 22.6 Å². The van der Waals surface area contributed by atoms with Crippen LogP contribution in [0.25, 0.3) is 6.08 Å². The molecular weight excluding hydrogens is 360 g/mol. The Hall–Kier alpha value is -3.12. The third kappa shape index (κ3) is 6.95. The van der Waals surface area contributed by atoms with Gasteiger partial charge in [0.25, 0.3) is 0 Å². The molecule has 0 unspecified atom stereocenters. The van der Waals surface area contributed by atoms with E-state index in [1.165, 1.54) is 6.08 Å². The van der Waals surface area contributed by atoms with E-state index in [1.807, 2.05) is 55.5 Å². The summed E-state index contributed by atoms with van der Waals surface area (Å²) in [6, 6.07) is 14.7. The van der Waals surface area contributed by atoms with E-state index >= 15 is 0 Å². The Morgan fingerprint density at radius 1 is 1.19 bits per heavy atom. The second-order valence-electron chi connectivity index (χ2n) is 5.79. The van der Waals surface area contributed by atoms with Crippen molar-refractivity contribution in [3.63, 3.8) is 0 Å². The van der Waals surface area contributed by atoms with Crippen molar-refractivity contribution >= 4 is 35.0 Å². The molecular formula is C21H22N2O3S. The molecule has 6 heteroatoms. The van der Waals surface area contributed by atoms with Crippen molar-refractivity contribution in [1.82, 2.24) is 5.32 Å². The number of anilines is 1. The molecule has 0 saturated heterocycles. The van der Waals surface area contributed by atoms with E-state index in [2.05, 4.69) is 17.2 Å². The molecule has 0 aliphatic heterocycles. The Balaban J connectivity index is 1.86. The monoisotopic (exact) mass is 382 g/mol. The fourth-order valence-electron chi connectivity index (χ4n) is 2.13. The first-order valence-corrected chi connectivity index (χ1v) is 8.69. The first-order chi connectivity index (χ1) is 13.0. The number of methoxy groups -OCH3 is 1. The lowest BCUT2D eigenvalue weighted by molar-refractivity contribution is -0.115.